The van der Waals surface area contributed by atoms with Crippen molar-refractivity contribution in [1.29, 1.82) is 0 Å². The van der Waals surface area contributed by atoms with E-state index in [9.17, 15) is 9.59 Å². The van der Waals surface area contributed by atoms with Crippen molar-refractivity contribution in [3.05, 3.63) is 57.4 Å². The van der Waals surface area contributed by atoms with Gasteiger partial charge >= 0.3 is 5.63 Å². The van der Waals surface area contributed by atoms with Crippen molar-refractivity contribution in [2.75, 3.05) is 11.9 Å². The summed E-state index contributed by atoms with van der Waals surface area (Å²) < 4.78 is 10.9. The fourth-order valence-corrected chi connectivity index (χ4v) is 3.31. The minimum atomic E-state index is -0.654. The van der Waals surface area contributed by atoms with Crippen LogP contribution in [0.1, 0.15) is 46.5 Å². The number of nitrogens with one attached hydrogen (secondary N) is 2. The van der Waals surface area contributed by atoms with Gasteiger partial charge in [-0.05, 0) is 50.5 Å². The number of anilines is 1. The number of hydrogen-bond acceptors (Lipinski definition) is 5. The first-order chi connectivity index (χ1) is 12.5. The SMILES string of the molecule is Cc1nc2c(NC(=O)c3c(C)cc(C4CCCO4)oc3=O)cccc2[nH]1. The lowest BCUT2D eigenvalue weighted by Crippen LogP contribution is -2.23. The number of aromatic amines is 1. The van der Waals surface area contributed by atoms with Crippen LogP contribution in [0.3, 0.4) is 0 Å². The highest BCUT2D eigenvalue weighted by atomic mass is 16.5. The van der Waals surface area contributed by atoms with E-state index in [0.717, 1.165) is 24.2 Å². The highest BCUT2D eigenvalue weighted by Gasteiger charge is 2.24. The Morgan fingerprint density at radius 1 is 1.35 bits per heavy atom. The van der Waals surface area contributed by atoms with E-state index >= 15 is 0 Å². The Balaban J connectivity index is 1.66. The van der Waals surface area contributed by atoms with Gasteiger partial charge in [0.15, 0.2) is 0 Å². The summed E-state index contributed by atoms with van der Waals surface area (Å²) in [4.78, 5) is 32.6. The van der Waals surface area contributed by atoms with E-state index in [4.69, 9.17) is 9.15 Å². The molecule has 26 heavy (non-hydrogen) atoms. The number of aryl methyl sites for hydroxylation is 2. The Morgan fingerprint density at radius 3 is 2.92 bits per heavy atom. The fraction of sp³-hybridized carbons (Fsp3) is 0.316. The lowest BCUT2D eigenvalue weighted by Gasteiger charge is -2.11. The maximum absolute atomic E-state index is 12.7. The Bertz CT molecular complexity index is 1040. The molecule has 2 aromatic heterocycles. The van der Waals surface area contributed by atoms with Crippen LogP contribution < -0.4 is 10.9 Å². The van der Waals surface area contributed by atoms with Crippen LogP contribution >= 0.6 is 0 Å². The molecule has 1 fully saturated rings. The molecule has 7 heteroatoms. The van der Waals surface area contributed by atoms with Gasteiger partial charge in [-0.2, -0.15) is 0 Å². The third-order valence-corrected chi connectivity index (χ3v) is 4.52. The number of nitrogens with zero attached hydrogens (tertiary/aromatic N) is 1. The first kappa shape index (κ1) is 16.5. The maximum atomic E-state index is 12.7. The number of aromatic nitrogens is 2. The summed E-state index contributed by atoms with van der Waals surface area (Å²) in [6, 6.07) is 7.15. The van der Waals surface area contributed by atoms with Crippen molar-refractivity contribution in [3.63, 3.8) is 0 Å². The highest BCUT2D eigenvalue weighted by Crippen LogP contribution is 2.29. The van der Waals surface area contributed by atoms with Gasteiger partial charge in [0.2, 0.25) is 0 Å². The molecule has 0 bridgehead atoms. The molecule has 4 rings (SSSR count). The number of carbonyl (C=O) groups excluding carboxylic acids is 1. The van der Waals surface area contributed by atoms with Gasteiger partial charge in [0.25, 0.3) is 5.91 Å². The van der Waals surface area contributed by atoms with Gasteiger partial charge < -0.3 is 19.5 Å². The Labute approximate surface area is 149 Å². The molecule has 1 aliphatic heterocycles. The van der Waals surface area contributed by atoms with Crippen molar-refractivity contribution in [2.45, 2.75) is 32.8 Å². The number of amides is 1. The average molecular weight is 353 g/mol. The molecule has 1 saturated heterocycles. The number of carbonyl (C=O) groups is 1. The van der Waals surface area contributed by atoms with Crippen molar-refractivity contribution < 1.29 is 13.9 Å². The zero-order valence-electron chi connectivity index (χ0n) is 14.6. The molecule has 3 heterocycles. The molecule has 0 aliphatic carbocycles. The second kappa shape index (κ2) is 6.42. The van der Waals surface area contributed by atoms with Gasteiger partial charge in [0.05, 0.1) is 11.2 Å². The van der Waals surface area contributed by atoms with Crippen molar-refractivity contribution in [3.8, 4) is 0 Å². The fourth-order valence-electron chi connectivity index (χ4n) is 3.31. The monoisotopic (exact) mass is 353 g/mol. The standard InChI is InChI=1S/C19H19N3O4/c1-10-9-15(14-7-4-8-25-14)26-19(24)16(10)18(23)22-13-6-3-5-12-17(13)21-11(2)20-12/h3,5-6,9,14H,4,7-8H2,1-2H3,(H,20,21)(H,22,23). The summed E-state index contributed by atoms with van der Waals surface area (Å²) in [5, 5.41) is 2.77. The van der Waals surface area contributed by atoms with Crippen LogP contribution in [-0.4, -0.2) is 22.5 Å². The first-order valence-corrected chi connectivity index (χ1v) is 8.56. The van der Waals surface area contributed by atoms with Crippen LogP contribution in [0.4, 0.5) is 5.69 Å². The topological polar surface area (TPSA) is 97.2 Å². The minimum Gasteiger partial charge on any atom is -0.424 e. The summed E-state index contributed by atoms with van der Waals surface area (Å²) in [7, 11) is 0. The molecule has 1 atom stereocenters. The molecule has 0 saturated carbocycles. The second-order valence-corrected chi connectivity index (χ2v) is 6.47. The van der Waals surface area contributed by atoms with Crippen LogP contribution in [0.2, 0.25) is 0 Å². The molecule has 0 radical (unpaired) electrons. The number of benzene rings is 1. The summed E-state index contributed by atoms with van der Waals surface area (Å²) in [6.07, 6.45) is 1.54. The number of para-hydroxylation sites is 1. The number of ether oxygens (including phenoxy) is 1. The zero-order chi connectivity index (χ0) is 18.3. The van der Waals surface area contributed by atoms with Crippen molar-refractivity contribution in [2.24, 2.45) is 0 Å². The number of hydrogen-bond donors (Lipinski definition) is 2. The van der Waals surface area contributed by atoms with E-state index in [1.54, 1.807) is 19.1 Å². The van der Waals surface area contributed by atoms with Crippen LogP contribution in [0.5, 0.6) is 0 Å². The molecule has 1 unspecified atom stereocenters. The molecule has 7 nitrogen and oxygen atoms in total. The zero-order valence-corrected chi connectivity index (χ0v) is 14.6. The molecule has 1 amide bonds. The normalized spacial score (nSPS) is 16.9. The van der Waals surface area contributed by atoms with Crippen LogP contribution in [-0.2, 0) is 4.74 Å². The smallest absolute Gasteiger partial charge is 0.349 e. The predicted octanol–water partition coefficient (Wildman–Crippen LogP) is 3.24. The molecule has 134 valence electrons. The third kappa shape index (κ3) is 2.90. The van der Waals surface area contributed by atoms with E-state index in [2.05, 4.69) is 15.3 Å². The Kier molecular flexibility index (Phi) is 4.08. The van der Waals surface area contributed by atoms with E-state index < -0.39 is 11.5 Å². The number of rotatable bonds is 3. The van der Waals surface area contributed by atoms with E-state index in [0.29, 0.717) is 29.1 Å². The highest BCUT2D eigenvalue weighted by molar-refractivity contribution is 6.08. The molecular formula is C19H19N3O4. The van der Waals surface area contributed by atoms with Gasteiger partial charge in [-0.3, -0.25) is 4.79 Å². The number of H-pyrrole nitrogens is 1. The summed E-state index contributed by atoms with van der Waals surface area (Å²) in [5.41, 5.74) is 1.91. The van der Waals surface area contributed by atoms with E-state index in [1.165, 1.54) is 0 Å². The van der Waals surface area contributed by atoms with Crippen molar-refractivity contribution in [1.82, 2.24) is 9.97 Å². The molecule has 1 aliphatic rings. The van der Waals surface area contributed by atoms with Crippen LogP contribution in [0.25, 0.3) is 11.0 Å². The van der Waals surface area contributed by atoms with E-state index in [-0.39, 0.29) is 11.7 Å². The lowest BCUT2D eigenvalue weighted by atomic mass is 10.1. The minimum absolute atomic E-state index is 0.00370. The maximum Gasteiger partial charge on any atom is 0.349 e. The second-order valence-electron chi connectivity index (χ2n) is 6.47. The quantitative estimate of drug-likeness (QED) is 0.753. The molecule has 2 N–H and O–H groups in total. The van der Waals surface area contributed by atoms with Gasteiger partial charge in [-0.1, -0.05) is 6.07 Å². The summed E-state index contributed by atoms with van der Waals surface area (Å²) in [5.74, 6) is 0.716. The van der Waals surface area contributed by atoms with Crippen LogP contribution in [0.15, 0.2) is 33.5 Å². The van der Waals surface area contributed by atoms with Gasteiger partial charge in [-0.15, -0.1) is 0 Å². The van der Waals surface area contributed by atoms with Gasteiger partial charge in [0, 0.05) is 6.61 Å². The van der Waals surface area contributed by atoms with Crippen molar-refractivity contribution >= 4 is 22.6 Å². The van der Waals surface area contributed by atoms with Gasteiger partial charge in [-0.25, -0.2) is 9.78 Å². The average Bonchev–Trinajstić information content (AvgIpc) is 3.23. The molecule has 1 aromatic carbocycles. The summed E-state index contributed by atoms with van der Waals surface area (Å²) in [6.45, 7) is 4.22. The van der Waals surface area contributed by atoms with Gasteiger partial charge in [0.1, 0.15) is 28.8 Å². The molecule has 3 aromatic rings. The molecular weight excluding hydrogens is 334 g/mol. The Morgan fingerprint density at radius 2 is 2.19 bits per heavy atom. The third-order valence-electron chi connectivity index (χ3n) is 4.52. The Hall–Kier alpha value is -2.93. The number of fused-ring (bicyclic) bond motifs is 1. The first-order valence-electron chi connectivity index (χ1n) is 8.56. The summed E-state index contributed by atoms with van der Waals surface area (Å²) >= 11 is 0. The van der Waals surface area contributed by atoms with Crippen LogP contribution in [0, 0.1) is 13.8 Å². The van der Waals surface area contributed by atoms with E-state index in [1.807, 2.05) is 19.1 Å². The largest absolute Gasteiger partial charge is 0.424 e. The predicted molar refractivity (Wildman–Crippen MR) is 96.4 cm³/mol. The number of imidazole rings is 1. The molecule has 0 spiro atoms. The lowest BCUT2D eigenvalue weighted by molar-refractivity contribution is 0.0895.